The summed E-state index contributed by atoms with van der Waals surface area (Å²) in [5, 5.41) is 0.195. The van der Waals surface area contributed by atoms with Crippen molar-refractivity contribution in [2.45, 2.75) is 195 Å². The molecule has 0 aliphatic carbocycles. The summed E-state index contributed by atoms with van der Waals surface area (Å²) in [6.45, 7) is 7.98. The number of esters is 4. The normalized spacial score (nSPS) is 11.6. The average Bonchev–Trinajstić information content (AvgIpc) is 3.65. The van der Waals surface area contributed by atoms with Crippen molar-refractivity contribution in [2.24, 2.45) is 0 Å². The predicted molar refractivity (Wildman–Crippen MR) is 341 cm³/mol. The number of carbonyl (C=O) groups is 4. The smallest absolute Gasteiger partial charge is 0.343 e. The van der Waals surface area contributed by atoms with Crippen LogP contribution in [0.5, 0.6) is 23.0 Å². The summed E-state index contributed by atoms with van der Waals surface area (Å²) >= 11 is 6.64. The minimum absolute atomic E-state index is 0.154. The van der Waals surface area contributed by atoms with Crippen LogP contribution < -0.4 is 18.9 Å². The summed E-state index contributed by atoms with van der Waals surface area (Å²) in [7, 11) is 0. The number of rotatable bonds is 37. The van der Waals surface area contributed by atoms with Gasteiger partial charge in [-0.05, 0) is 158 Å². The van der Waals surface area contributed by atoms with Gasteiger partial charge in [0.1, 0.15) is 23.0 Å². The molecule has 0 aliphatic heterocycles. The van der Waals surface area contributed by atoms with Crippen LogP contribution >= 0.6 is 11.6 Å². The summed E-state index contributed by atoms with van der Waals surface area (Å²) in [6.07, 6.45) is 37.8. The van der Waals surface area contributed by atoms with Gasteiger partial charge in [-0.1, -0.05) is 233 Å². The SMILES string of the molecule is CCCCCCCCCCCCCCc1ccc(/C=C(\C)C(=O)Oc2ccc(C(=O)Oc3cccc(-c4ccc(OC(=O)c5ccc(OC(=O)/C(C)=C/c6ccc(CCCCCCCCCCCCCC)cc6)cc5)c(Cl)c4)c3)cc2)cc1. The zero-order chi connectivity index (χ0) is 58.9. The molecule has 0 bridgehead atoms. The fraction of sp³-hybridized carbons (Fsp3) is 0.405. The largest absolute Gasteiger partial charge is 0.423 e. The van der Waals surface area contributed by atoms with Gasteiger partial charge in [0, 0.05) is 11.1 Å². The first-order valence-corrected chi connectivity index (χ1v) is 31.4. The lowest BCUT2D eigenvalue weighted by Gasteiger charge is -2.11. The highest BCUT2D eigenvalue weighted by Gasteiger charge is 2.16. The van der Waals surface area contributed by atoms with Gasteiger partial charge in [0.05, 0.1) is 16.1 Å². The number of hydrogen-bond acceptors (Lipinski definition) is 8. The summed E-state index contributed by atoms with van der Waals surface area (Å²) in [5.74, 6) is -1.15. The van der Waals surface area contributed by atoms with Crippen molar-refractivity contribution in [3.05, 3.63) is 189 Å². The molecule has 8 nitrogen and oxygen atoms in total. The highest BCUT2D eigenvalue weighted by molar-refractivity contribution is 6.32. The number of aryl methyl sites for hydroxylation is 2. The Morgan fingerprint density at radius 3 is 1.14 bits per heavy atom. The van der Waals surface area contributed by atoms with E-state index in [1.165, 1.54) is 177 Å². The quantitative estimate of drug-likeness (QED) is 0.0164. The number of carbonyl (C=O) groups excluding carboxylic acids is 4. The van der Waals surface area contributed by atoms with E-state index >= 15 is 0 Å². The Morgan fingerprint density at radius 1 is 0.373 bits per heavy atom. The second kappa shape index (κ2) is 37.2. The first-order chi connectivity index (χ1) is 40.5. The van der Waals surface area contributed by atoms with Crippen molar-refractivity contribution in [3.8, 4) is 34.1 Å². The van der Waals surface area contributed by atoms with Crippen LogP contribution in [0.25, 0.3) is 23.3 Å². The first kappa shape index (κ1) is 65.1. The molecule has 440 valence electrons. The summed E-state index contributed by atoms with van der Waals surface area (Å²) in [6, 6.07) is 41.0. The van der Waals surface area contributed by atoms with E-state index in [2.05, 4.69) is 38.1 Å². The number of unbranched alkanes of at least 4 members (excludes halogenated alkanes) is 22. The van der Waals surface area contributed by atoms with Crippen LogP contribution in [-0.2, 0) is 22.4 Å². The van der Waals surface area contributed by atoms with Gasteiger partial charge in [-0.3, -0.25) is 0 Å². The first-order valence-electron chi connectivity index (χ1n) is 31.0. The van der Waals surface area contributed by atoms with E-state index in [4.69, 9.17) is 30.5 Å². The van der Waals surface area contributed by atoms with Crippen molar-refractivity contribution in [2.75, 3.05) is 0 Å². The Balaban J connectivity index is 0.883. The maximum Gasteiger partial charge on any atom is 0.343 e. The van der Waals surface area contributed by atoms with E-state index in [1.807, 2.05) is 42.5 Å². The molecule has 6 aromatic carbocycles. The van der Waals surface area contributed by atoms with Crippen LogP contribution in [0.2, 0.25) is 5.02 Å². The predicted octanol–water partition coefficient (Wildman–Crippen LogP) is 21.0. The van der Waals surface area contributed by atoms with Crippen LogP contribution in [0.4, 0.5) is 0 Å². The van der Waals surface area contributed by atoms with Crippen LogP contribution in [0.3, 0.4) is 0 Å². The Hall–Kier alpha value is -7.03. The van der Waals surface area contributed by atoms with Crippen LogP contribution in [-0.4, -0.2) is 23.9 Å². The molecule has 0 N–H and O–H groups in total. The average molecular weight is 1140 g/mol. The zero-order valence-electron chi connectivity index (χ0n) is 50.0. The molecule has 0 unspecified atom stereocenters. The van der Waals surface area contributed by atoms with E-state index in [9.17, 15) is 19.2 Å². The Kier molecular flexibility index (Phi) is 29.2. The second-order valence-corrected chi connectivity index (χ2v) is 22.6. The molecule has 6 rings (SSSR count). The number of benzene rings is 6. The molecule has 0 aromatic heterocycles. The van der Waals surface area contributed by atoms with Gasteiger partial charge in [-0.15, -0.1) is 0 Å². The molecule has 0 radical (unpaired) electrons. The molecule has 83 heavy (non-hydrogen) atoms. The van der Waals surface area contributed by atoms with E-state index < -0.39 is 23.9 Å². The number of halogens is 1. The third-order valence-electron chi connectivity index (χ3n) is 15.1. The van der Waals surface area contributed by atoms with Crippen molar-refractivity contribution in [3.63, 3.8) is 0 Å². The Morgan fingerprint density at radius 2 is 0.747 bits per heavy atom. The van der Waals surface area contributed by atoms with Gasteiger partial charge in [-0.2, -0.15) is 0 Å². The molecule has 0 heterocycles. The minimum atomic E-state index is -0.640. The van der Waals surface area contributed by atoms with Crippen molar-refractivity contribution < 1.29 is 38.1 Å². The van der Waals surface area contributed by atoms with Gasteiger partial charge in [0.25, 0.3) is 0 Å². The lowest BCUT2D eigenvalue weighted by molar-refractivity contribution is -0.130. The summed E-state index contributed by atoms with van der Waals surface area (Å²) in [4.78, 5) is 52.4. The van der Waals surface area contributed by atoms with Gasteiger partial charge in [0.15, 0.2) is 0 Å². The summed E-state index contributed by atoms with van der Waals surface area (Å²) < 4.78 is 22.6. The second-order valence-electron chi connectivity index (χ2n) is 22.2. The topological polar surface area (TPSA) is 105 Å². The van der Waals surface area contributed by atoms with Crippen LogP contribution in [0.1, 0.15) is 225 Å². The highest BCUT2D eigenvalue weighted by Crippen LogP contribution is 2.33. The number of hydrogen-bond donors (Lipinski definition) is 0. The van der Waals surface area contributed by atoms with Crippen molar-refractivity contribution in [1.82, 2.24) is 0 Å². The van der Waals surface area contributed by atoms with Gasteiger partial charge < -0.3 is 18.9 Å². The van der Waals surface area contributed by atoms with E-state index in [0.717, 1.165) is 24.0 Å². The summed E-state index contributed by atoms with van der Waals surface area (Å²) in [5.41, 5.74) is 7.28. The molecule has 0 saturated carbocycles. The molecule has 0 spiro atoms. The van der Waals surface area contributed by atoms with Crippen LogP contribution in [0, 0.1) is 0 Å². The zero-order valence-corrected chi connectivity index (χ0v) is 50.7. The molecule has 0 amide bonds. The fourth-order valence-electron chi connectivity index (χ4n) is 10.0. The van der Waals surface area contributed by atoms with Gasteiger partial charge >= 0.3 is 23.9 Å². The highest BCUT2D eigenvalue weighted by atomic mass is 35.5. The Bertz CT molecular complexity index is 2970. The molecule has 0 atom stereocenters. The van der Waals surface area contributed by atoms with E-state index in [-0.39, 0.29) is 21.9 Å². The lowest BCUT2D eigenvalue weighted by Crippen LogP contribution is -2.11. The molecular weight excluding hydrogens is 1050 g/mol. The fourth-order valence-corrected chi connectivity index (χ4v) is 10.3. The lowest BCUT2D eigenvalue weighted by atomic mass is 10.0. The van der Waals surface area contributed by atoms with Gasteiger partial charge in [0.2, 0.25) is 0 Å². The van der Waals surface area contributed by atoms with Gasteiger partial charge in [-0.25, -0.2) is 19.2 Å². The van der Waals surface area contributed by atoms with E-state index in [1.54, 1.807) is 86.6 Å². The maximum atomic E-state index is 13.2. The van der Waals surface area contributed by atoms with Crippen molar-refractivity contribution in [1.29, 1.82) is 0 Å². The molecule has 0 aliphatic rings. The van der Waals surface area contributed by atoms with Crippen LogP contribution in [0.15, 0.2) is 151 Å². The molecule has 0 fully saturated rings. The van der Waals surface area contributed by atoms with E-state index in [0.29, 0.717) is 39.5 Å². The minimum Gasteiger partial charge on any atom is -0.423 e. The monoisotopic (exact) mass is 1140 g/mol. The molecular formula is C74H89ClO8. The molecule has 9 heteroatoms. The Labute approximate surface area is 501 Å². The molecule has 0 saturated heterocycles. The number of ether oxygens (including phenoxy) is 4. The molecule has 6 aromatic rings. The van der Waals surface area contributed by atoms with Crippen molar-refractivity contribution >= 4 is 47.6 Å². The third kappa shape index (κ3) is 24.4. The maximum absolute atomic E-state index is 13.2. The third-order valence-corrected chi connectivity index (χ3v) is 15.4. The standard InChI is InChI=1S/C74H89ClO8/c1-5-7-9-11-13-15-17-19-21-23-25-27-30-58-34-38-60(39-35-58)52-56(3)71(76)80-66-47-42-62(43-48-66)73(78)82-68-33-29-32-64(54-68)65-46-51-70(69(75)55-65)83-74(79)63-44-49-67(50-45-63)81-72(77)57(4)53-61-40-36-59(37-41-61)31-28-26-24-22-20-18-16-14-12-10-8-6-2/h29,32-55H,5-28,30-31H2,1-4H3/b56-52+,57-53+.